The van der Waals surface area contributed by atoms with Crippen LogP contribution in [0.1, 0.15) is 24.1 Å². The number of hydrogen-bond acceptors (Lipinski definition) is 7. The van der Waals surface area contributed by atoms with E-state index in [0.29, 0.717) is 20.7 Å². The molecule has 2 aromatic heterocycles. The quantitative estimate of drug-likeness (QED) is 0.439. The smallest absolute Gasteiger partial charge is 0.267 e. The summed E-state index contributed by atoms with van der Waals surface area (Å²) in [4.78, 5) is 32.7. The standard InChI is InChI=1S/C22H20N4O3S2/c1-14(15-7-3-2-4-8-15)26-21(29)17(31-22(26)30)13-16-19(23-10-12-27)24-18-9-5-6-11-25(18)20(16)28/h2-9,11,13-14,23,27H,10,12H2,1H3/b17-13+. The van der Waals surface area contributed by atoms with Crippen LogP contribution in [0.15, 0.2) is 64.4 Å². The van der Waals surface area contributed by atoms with Gasteiger partial charge in [-0.15, -0.1) is 0 Å². The van der Waals surface area contributed by atoms with Gasteiger partial charge in [0.25, 0.3) is 11.5 Å². The molecular formula is C22H20N4O3S2. The van der Waals surface area contributed by atoms with Gasteiger partial charge in [-0.2, -0.15) is 0 Å². The average molecular weight is 453 g/mol. The molecule has 1 aliphatic rings. The Morgan fingerprint density at radius 2 is 1.94 bits per heavy atom. The minimum absolute atomic E-state index is 0.119. The van der Waals surface area contributed by atoms with Gasteiger partial charge >= 0.3 is 0 Å². The molecule has 9 heteroatoms. The summed E-state index contributed by atoms with van der Waals surface area (Å²) in [6.45, 7) is 2.03. The van der Waals surface area contributed by atoms with Crippen LogP contribution in [0.5, 0.6) is 0 Å². The maximum Gasteiger partial charge on any atom is 0.267 e. The van der Waals surface area contributed by atoms with Crippen molar-refractivity contribution in [1.82, 2.24) is 14.3 Å². The van der Waals surface area contributed by atoms with E-state index in [-0.39, 0.29) is 36.2 Å². The molecule has 4 rings (SSSR count). The first-order chi connectivity index (χ1) is 15.0. The lowest BCUT2D eigenvalue weighted by atomic mass is 10.1. The van der Waals surface area contributed by atoms with Gasteiger partial charge in [-0.3, -0.25) is 18.9 Å². The summed E-state index contributed by atoms with van der Waals surface area (Å²) in [5.41, 5.74) is 1.37. The molecule has 3 aromatic rings. The van der Waals surface area contributed by atoms with Crippen LogP contribution in [-0.4, -0.2) is 42.8 Å². The first-order valence-corrected chi connectivity index (χ1v) is 10.9. The van der Waals surface area contributed by atoms with Crippen LogP contribution in [0.4, 0.5) is 5.82 Å². The molecule has 158 valence electrons. The van der Waals surface area contributed by atoms with Gasteiger partial charge in [0, 0.05) is 12.7 Å². The van der Waals surface area contributed by atoms with E-state index < -0.39 is 0 Å². The number of thiocarbonyl (C=S) groups is 1. The van der Waals surface area contributed by atoms with E-state index in [4.69, 9.17) is 12.2 Å². The van der Waals surface area contributed by atoms with Crippen molar-refractivity contribution in [2.24, 2.45) is 0 Å². The fourth-order valence-electron chi connectivity index (χ4n) is 3.37. The number of aliphatic hydroxyl groups excluding tert-OH is 1. The third-order valence-corrected chi connectivity index (χ3v) is 6.27. The molecule has 0 aliphatic carbocycles. The molecule has 1 fully saturated rings. The summed E-state index contributed by atoms with van der Waals surface area (Å²) < 4.78 is 1.86. The van der Waals surface area contributed by atoms with E-state index in [1.165, 1.54) is 10.5 Å². The molecule has 0 bridgehead atoms. The van der Waals surface area contributed by atoms with Crippen LogP contribution in [0.25, 0.3) is 11.7 Å². The highest BCUT2D eigenvalue weighted by molar-refractivity contribution is 8.26. The summed E-state index contributed by atoms with van der Waals surface area (Å²) in [6, 6.07) is 14.7. The lowest BCUT2D eigenvalue weighted by Crippen LogP contribution is -2.31. The number of amides is 1. The van der Waals surface area contributed by atoms with Crippen LogP contribution in [0, 0.1) is 0 Å². The second-order valence-electron chi connectivity index (χ2n) is 6.90. The SMILES string of the molecule is CC(c1ccccc1)N1C(=O)/C(=C\c2c(NCCO)nc3ccccn3c2=O)SC1=S. The minimum atomic E-state index is -0.313. The van der Waals surface area contributed by atoms with Crippen LogP contribution < -0.4 is 10.9 Å². The Kier molecular flexibility index (Phi) is 6.17. The van der Waals surface area contributed by atoms with Gasteiger partial charge in [-0.25, -0.2) is 4.98 Å². The molecule has 3 heterocycles. The van der Waals surface area contributed by atoms with Gasteiger partial charge in [0.05, 0.1) is 23.1 Å². The van der Waals surface area contributed by atoms with Gasteiger partial charge < -0.3 is 10.4 Å². The van der Waals surface area contributed by atoms with Crippen molar-refractivity contribution in [3.05, 3.63) is 81.1 Å². The number of hydrogen-bond donors (Lipinski definition) is 2. The summed E-state index contributed by atoms with van der Waals surface area (Å²) in [6.07, 6.45) is 3.16. The Bertz CT molecular complexity index is 1240. The maximum atomic E-state index is 13.2. The number of fused-ring (bicyclic) bond motifs is 1. The van der Waals surface area contributed by atoms with Crippen molar-refractivity contribution >= 4 is 51.7 Å². The number of aromatic nitrogens is 2. The Balaban J connectivity index is 1.76. The first-order valence-electron chi connectivity index (χ1n) is 9.69. The molecule has 1 saturated heterocycles. The van der Waals surface area contributed by atoms with Gasteiger partial charge in [0.2, 0.25) is 0 Å². The van der Waals surface area contributed by atoms with Crippen LogP contribution in [0.3, 0.4) is 0 Å². The van der Waals surface area contributed by atoms with Crippen molar-refractivity contribution in [2.75, 3.05) is 18.5 Å². The van der Waals surface area contributed by atoms with Gasteiger partial charge in [0.15, 0.2) is 0 Å². The highest BCUT2D eigenvalue weighted by Gasteiger charge is 2.36. The maximum absolute atomic E-state index is 13.2. The number of rotatable bonds is 6. The fraction of sp³-hybridized carbons (Fsp3) is 0.182. The monoisotopic (exact) mass is 452 g/mol. The molecular weight excluding hydrogens is 432 g/mol. The highest BCUT2D eigenvalue weighted by atomic mass is 32.2. The largest absolute Gasteiger partial charge is 0.395 e. The van der Waals surface area contributed by atoms with Gasteiger partial charge in [-0.1, -0.05) is 60.4 Å². The van der Waals surface area contributed by atoms with Crippen LogP contribution in [0.2, 0.25) is 0 Å². The summed E-state index contributed by atoms with van der Waals surface area (Å²) in [7, 11) is 0. The summed E-state index contributed by atoms with van der Waals surface area (Å²) >= 11 is 6.64. The van der Waals surface area contributed by atoms with E-state index in [0.717, 1.165) is 17.3 Å². The third-order valence-electron chi connectivity index (χ3n) is 4.94. The molecule has 1 amide bonds. The Morgan fingerprint density at radius 1 is 1.19 bits per heavy atom. The molecule has 0 saturated carbocycles. The number of aliphatic hydroxyl groups is 1. The molecule has 0 radical (unpaired) electrons. The normalized spacial score (nSPS) is 16.3. The Morgan fingerprint density at radius 3 is 2.68 bits per heavy atom. The van der Waals surface area contributed by atoms with E-state index >= 15 is 0 Å². The molecule has 1 unspecified atom stereocenters. The van der Waals surface area contributed by atoms with Crippen molar-refractivity contribution in [3.8, 4) is 0 Å². The Hall–Kier alpha value is -3.01. The molecule has 1 aliphatic heterocycles. The zero-order valence-electron chi connectivity index (χ0n) is 16.7. The number of thioether (sulfide) groups is 1. The Labute approximate surface area is 188 Å². The molecule has 1 aromatic carbocycles. The second kappa shape index (κ2) is 9.01. The van der Waals surface area contributed by atoms with Crippen molar-refractivity contribution < 1.29 is 9.90 Å². The van der Waals surface area contributed by atoms with Crippen LogP contribution >= 0.6 is 24.0 Å². The summed E-state index contributed by atoms with van der Waals surface area (Å²) in [5.74, 6) is 0.0589. The molecule has 7 nitrogen and oxygen atoms in total. The zero-order valence-corrected chi connectivity index (χ0v) is 18.3. The van der Waals surface area contributed by atoms with E-state index in [2.05, 4.69) is 10.3 Å². The van der Waals surface area contributed by atoms with Crippen molar-refractivity contribution in [1.29, 1.82) is 0 Å². The van der Waals surface area contributed by atoms with E-state index in [9.17, 15) is 14.7 Å². The number of carbonyl (C=O) groups excluding carboxylic acids is 1. The topological polar surface area (TPSA) is 86.9 Å². The van der Waals surface area contributed by atoms with Crippen molar-refractivity contribution in [3.63, 3.8) is 0 Å². The van der Waals surface area contributed by atoms with Crippen molar-refractivity contribution in [2.45, 2.75) is 13.0 Å². The molecule has 0 spiro atoms. The lowest BCUT2D eigenvalue weighted by Gasteiger charge is -2.23. The zero-order chi connectivity index (χ0) is 22.0. The molecule has 31 heavy (non-hydrogen) atoms. The number of pyridine rings is 1. The minimum Gasteiger partial charge on any atom is -0.395 e. The fourth-order valence-corrected chi connectivity index (χ4v) is 4.77. The number of carbonyl (C=O) groups is 1. The number of anilines is 1. The van der Waals surface area contributed by atoms with E-state index in [1.54, 1.807) is 29.3 Å². The van der Waals surface area contributed by atoms with Gasteiger partial charge in [-0.05, 0) is 30.7 Å². The average Bonchev–Trinajstić information content (AvgIpc) is 3.07. The summed E-state index contributed by atoms with van der Waals surface area (Å²) in [5, 5.41) is 12.2. The predicted molar refractivity (Wildman–Crippen MR) is 127 cm³/mol. The lowest BCUT2D eigenvalue weighted by molar-refractivity contribution is -0.123. The number of nitrogens with zero attached hydrogens (tertiary/aromatic N) is 3. The van der Waals surface area contributed by atoms with Gasteiger partial charge in [0.1, 0.15) is 15.8 Å². The predicted octanol–water partition coefficient (Wildman–Crippen LogP) is 3.06. The highest BCUT2D eigenvalue weighted by Crippen LogP contribution is 2.38. The first kappa shape index (κ1) is 21.2. The second-order valence-corrected chi connectivity index (χ2v) is 8.57. The number of benzene rings is 1. The van der Waals surface area contributed by atoms with E-state index in [1.807, 2.05) is 37.3 Å². The number of nitrogens with one attached hydrogen (secondary N) is 1. The third kappa shape index (κ3) is 4.12. The molecule has 2 N–H and O–H groups in total. The molecule has 1 atom stereocenters. The van der Waals surface area contributed by atoms with Crippen LogP contribution in [-0.2, 0) is 4.79 Å².